The number of carbonyl (C=O) groups excluding carboxylic acids is 1. The highest BCUT2D eigenvalue weighted by Gasteiger charge is 2.08. The number of ketones is 1. The number of fused-ring (bicyclic) bond motifs is 1. The minimum atomic E-state index is 0.144. The SMILES string of the molecule is CC(=O)Cc1nc2cc(C)ccc2n1C. The minimum absolute atomic E-state index is 0.144. The van der Waals surface area contributed by atoms with Crippen LogP contribution in [-0.2, 0) is 18.3 Å². The van der Waals surface area contributed by atoms with Gasteiger partial charge in [-0.1, -0.05) is 6.07 Å². The van der Waals surface area contributed by atoms with Crippen molar-refractivity contribution in [2.75, 3.05) is 0 Å². The Bertz CT molecular complexity index is 526. The van der Waals surface area contributed by atoms with E-state index in [-0.39, 0.29) is 5.78 Å². The van der Waals surface area contributed by atoms with Crippen molar-refractivity contribution in [1.29, 1.82) is 0 Å². The first-order chi connectivity index (χ1) is 7.08. The number of imidazole rings is 1. The zero-order valence-electron chi connectivity index (χ0n) is 9.24. The van der Waals surface area contributed by atoms with Gasteiger partial charge in [0, 0.05) is 7.05 Å². The molecule has 0 N–H and O–H groups in total. The lowest BCUT2D eigenvalue weighted by molar-refractivity contribution is -0.116. The summed E-state index contributed by atoms with van der Waals surface area (Å²) in [6, 6.07) is 6.14. The third-order valence-electron chi connectivity index (χ3n) is 2.54. The van der Waals surface area contributed by atoms with Crippen LogP contribution in [0.3, 0.4) is 0 Å². The van der Waals surface area contributed by atoms with E-state index in [1.165, 1.54) is 5.56 Å². The fourth-order valence-corrected chi connectivity index (χ4v) is 1.74. The lowest BCUT2D eigenvalue weighted by atomic mass is 10.2. The molecule has 0 aliphatic rings. The van der Waals surface area contributed by atoms with E-state index in [0.29, 0.717) is 6.42 Å². The van der Waals surface area contributed by atoms with Crippen molar-refractivity contribution in [2.45, 2.75) is 20.3 Å². The van der Waals surface area contributed by atoms with E-state index in [1.807, 2.05) is 30.7 Å². The van der Waals surface area contributed by atoms with Crippen molar-refractivity contribution in [3.8, 4) is 0 Å². The topological polar surface area (TPSA) is 34.9 Å². The molecule has 15 heavy (non-hydrogen) atoms. The van der Waals surface area contributed by atoms with Gasteiger partial charge in [0.15, 0.2) is 0 Å². The van der Waals surface area contributed by atoms with Gasteiger partial charge in [-0.2, -0.15) is 0 Å². The standard InChI is InChI=1S/C12H14N2O/c1-8-4-5-11-10(6-8)13-12(14(11)3)7-9(2)15/h4-6H,7H2,1-3H3. The van der Waals surface area contributed by atoms with Gasteiger partial charge in [-0.3, -0.25) is 4.79 Å². The molecule has 1 heterocycles. The lowest BCUT2D eigenvalue weighted by Gasteiger charge is -1.99. The Kier molecular flexibility index (Phi) is 2.31. The smallest absolute Gasteiger partial charge is 0.137 e. The van der Waals surface area contributed by atoms with Crippen LogP contribution in [0.5, 0.6) is 0 Å². The summed E-state index contributed by atoms with van der Waals surface area (Å²) in [5.41, 5.74) is 3.24. The van der Waals surface area contributed by atoms with Crippen LogP contribution in [0.1, 0.15) is 18.3 Å². The third kappa shape index (κ3) is 1.77. The minimum Gasteiger partial charge on any atom is -0.331 e. The van der Waals surface area contributed by atoms with Crippen LogP contribution in [-0.4, -0.2) is 15.3 Å². The number of carbonyl (C=O) groups is 1. The Hall–Kier alpha value is -1.64. The second-order valence-corrected chi connectivity index (χ2v) is 3.96. The molecule has 0 bridgehead atoms. The molecule has 1 aromatic carbocycles. The Morgan fingerprint density at radius 2 is 2.20 bits per heavy atom. The van der Waals surface area contributed by atoms with E-state index in [4.69, 9.17) is 0 Å². The Morgan fingerprint density at radius 1 is 1.47 bits per heavy atom. The number of benzene rings is 1. The highest BCUT2D eigenvalue weighted by Crippen LogP contribution is 2.16. The summed E-state index contributed by atoms with van der Waals surface area (Å²) < 4.78 is 1.98. The first-order valence-electron chi connectivity index (χ1n) is 4.99. The molecule has 3 nitrogen and oxygen atoms in total. The Labute approximate surface area is 88.7 Å². The molecular weight excluding hydrogens is 188 g/mol. The van der Waals surface area contributed by atoms with E-state index in [0.717, 1.165) is 16.9 Å². The maximum atomic E-state index is 11.1. The van der Waals surface area contributed by atoms with Gasteiger partial charge in [-0.15, -0.1) is 0 Å². The van der Waals surface area contributed by atoms with Crippen LogP contribution in [0.4, 0.5) is 0 Å². The van der Waals surface area contributed by atoms with Gasteiger partial charge in [0.1, 0.15) is 11.6 Å². The summed E-state index contributed by atoms with van der Waals surface area (Å²) in [6.07, 6.45) is 0.407. The van der Waals surface area contributed by atoms with Crippen LogP contribution in [0.2, 0.25) is 0 Å². The van der Waals surface area contributed by atoms with E-state index in [2.05, 4.69) is 11.1 Å². The number of hydrogen-bond acceptors (Lipinski definition) is 2. The molecule has 2 rings (SSSR count). The molecule has 0 spiro atoms. The lowest BCUT2D eigenvalue weighted by Crippen LogP contribution is -2.03. The molecule has 0 atom stereocenters. The van der Waals surface area contributed by atoms with Gasteiger partial charge in [0.25, 0.3) is 0 Å². The highest BCUT2D eigenvalue weighted by molar-refractivity contribution is 5.81. The summed E-state index contributed by atoms with van der Waals surface area (Å²) in [7, 11) is 1.95. The molecular formula is C12H14N2O. The predicted molar refractivity (Wildman–Crippen MR) is 59.8 cm³/mol. The molecule has 2 aromatic rings. The fraction of sp³-hybridized carbons (Fsp3) is 0.333. The van der Waals surface area contributed by atoms with Gasteiger partial charge >= 0.3 is 0 Å². The Balaban J connectivity index is 2.58. The molecule has 0 saturated heterocycles. The van der Waals surface area contributed by atoms with Crippen molar-refractivity contribution >= 4 is 16.8 Å². The van der Waals surface area contributed by atoms with E-state index >= 15 is 0 Å². The van der Waals surface area contributed by atoms with Crippen LogP contribution in [0.25, 0.3) is 11.0 Å². The van der Waals surface area contributed by atoms with Crippen molar-refractivity contribution < 1.29 is 4.79 Å². The van der Waals surface area contributed by atoms with Crippen molar-refractivity contribution in [3.63, 3.8) is 0 Å². The summed E-state index contributed by atoms with van der Waals surface area (Å²) in [4.78, 5) is 15.5. The molecule has 0 radical (unpaired) electrons. The molecule has 1 aromatic heterocycles. The van der Waals surface area contributed by atoms with Crippen molar-refractivity contribution in [3.05, 3.63) is 29.6 Å². The number of rotatable bonds is 2. The molecule has 0 aliphatic heterocycles. The number of nitrogens with zero attached hydrogens (tertiary/aromatic N) is 2. The quantitative estimate of drug-likeness (QED) is 0.746. The summed E-state index contributed by atoms with van der Waals surface area (Å²) in [6.45, 7) is 3.63. The zero-order valence-corrected chi connectivity index (χ0v) is 9.24. The molecule has 78 valence electrons. The summed E-state index contributed by atoms with van der Waals surface area (Å²) >= 11 is 0. The maximum Gasteiger partial charge on any atom is 0.137 e. The molecule has 0 unspecified atom stereocenters. The highest BCUT2D eigenvalue weighted by atomic mass is 16.1. The van der Waals surface area contributed by atoms with Crippen LogP contribution >= 0.6 is 0 Å². The first-order valence-corrected chi connectivity index (χ1v) is 4.99. The normalized spacial score (nSPS) is 10.9. The third-order valence-corrected chi connectivity index (χ3v) is 2.54. The maximum absolute atomic E-state index is 11.1. The van der Waals surface area contributed by atoms with Gasteiger partial charge in [-0.05, 0) is 31.5 Å². The van der Waals surface area contributed by atoms with Gasteiger partial charge < -0.3 is 4.57 Å². The Morgan fingerprint density at radius 3 is 2.87 bits per heavy atom. The van der Waals surface area contributed by atoms with Crippen molar-refractivity contribution in [1.82, 2.24) is 9.55 Å². The summed E-state index contributed by atoms with van der Waals surface area (Å²) in [5.74, 6) is 0.980. The summed E-state index contributed by atoms with van der Waals surface area (Å²) in [5, 5.41) is 0. The molecule has 0 saturated carbocycles. The van der Waals surface area contributed by atoms with E-state index in [9.17, 15) is 4.79 Å². The number of Topliss-reactive ketones (excluding diaryl/α,β-unsaturated/α-hetero) is 1. The van der Waals surface area contributed by atoms with Gasteiger partial charge in [0.2, 0.25) is 0 Å². The average molecular weight is 202 g/mol. The monoisotopic (exact) mass is 202 g/mol. The zero-order chi connectivity index (χ0) is 11.0. The van der Waals surface area contributed by atoms with Crippen molar-refractivity contribution in [2.24, 2.45) is 7.05 Å². The number of aromatic nitrogens is 2. The number of aryl methyl sites for hydroxylation is 2. The molecule has 3 heteroatoms. The van der Waals surface area contributed by atoms with E-state index < -0.39 is 0 Å². The molecule has 0 amide bonds. The number of hydrogen-bond donors (Lipinski definition) is 0. The predicted octanol–water partition coefficient (Wildman–Crippen LogP) is 2.01. The second-order valence-electron chi connectivity index (χ2n) is 3.96. The second kappa shape index (κ2) is 3.50. The molecule has 0 fully saturated rings. The van der Waals surface area contributed by atoms with Gasteiger partial charge in [-0.25, -0.2) is 4.98 Å². The van der Waals surface area contributed by atoms with E-state index in [1.54, 1.807) is 6.92 Å². The van der Waals surface area contributed by atoms with Crippen LogP contribution in [0, 0.1) is 6.92 Å². The average Bonchev–Trinajstić information content (AvgIpc) is 2.42. The van der Waals surface area contributed by atoms with Crippen LogP contribution < -0.4 is 0 Å². The fourth-order valence-electron chi connectivity index (χ4n) is 1.74. The largest absolute Gasteiger partial charge is 0.331 e. The molecule has 0 aliphatic carbocycles. The first kappa shape index (κ1) is 9.90. The van der Waals surface area contributed by atoms with Gasteiger partial charge in [0.05, 0.1) is 17.5 Å². The van der Waals surface area contributed by atoms with Crippen LogP contribution in [0.15, 0.2) is 18.2 Å².